The van der Waals surface area contributed by atoms with Crippen LogP contribution in [0, 0.1) is 10.1 Å². The van der Waals surface area contributed by atoms with Crippen LogP contribution >= 0.6 is 0 Å². The first-order valence-electron chi connectivity index (χ1n) is 8.51. The summed E-state index contributed by atoms with van der Waals surface area (Å²) in [5.74, 6) is 0.695. The fourth-order valence-electron chi connectivity index (χ4n) is 2.44. The third kappa shape index (κ3) is 6.05. The zero-order chi connectivity index (χ0) is 18.8. The van der Waals surface area contributed by atoms with E-state index < -0.39 is 4.92 Å². The van der Waals surface area contributed by atoms with E-state index in [-0.39, 0.29) is 11.6 Å². The summed E-state index contributed by atoms with van der Waals surface area (Å²) in [4.78, 5) is 22.0. The number of ether oxygens (including phenoxy) is 1. The normalized spacial score (nSPS) is 10.7. The monoisotopic (exact) mass is 354 g/mol. The van der Waals surface area contributed by atoms with Crippen molar-refractivity contribution in [2.45, 2.75) is 19.8 Å². The van der Waals surface area contributed by atoms with Gasteiger partial charge in [0.25, 0.3) is 5.69 Å². The molecule has 0 radical (unpaired) electrons. The lowest BCUT2D eigenvalue weighted by Crippen LogP contribution is -2.22. The Morgan fingerprint density at radius 1 is 1.19 bits per heavy atom. The molecular weight excluding hydrogens is 332 g/mol. The minimum Gasteiger partial charge on any atom is -0.494 e. The summed E-state index contributed by atoms with van der Waals surface area (Å²) in [7, 11) is 0. The van der Waals surface area contributed by atoms with Gasteiger partial charge in [0.15, 0.2) is 0 Å². The lowest BCUT2D eigenvalue weighted by molar-refractivity contribution is -0.384. The number of nitro groups is 1. The van der Waals surface area contributed by atoms with Crippen molar-refractivity contribution in [3.63, 3.8) is 0 Å². The van der Waals surface area contributed by atoms with Crippen LogP contribution in [0.5, 0.6) is 5.75 Å². The SMILES string of the molecule is CCOc1ccccc1CCCNC(=O)/C=C/c1ccc([N+](=O)[O-])cc1. The quantitative estimate of drug-likeness (QED) is 0.322. The minimum atomic E-state index is -0.454. The summed E-state index contributed by atoms with van der Waals surface area (Å²) in [6.45, 7) is 3.14. The number of aryl methyl sites for hydroxylation is 1. The van der Waals surface area contributed by atoms with Crippen LogP contribution in [0.2, 0.25) is 0 Å². The van der Waals surface area contributed by atoms with Crippen LogP contribution in [0.25, 0.3) is 6.08 Å². The molecule has 0 saturated carbocycles. The molecule has 0 saturated heterocycles. The van der Waals surface area contributed by atoms with Crippen LogP contribution < -0.4 is 10.1 Å². The molecule has 0 aliphatic heterocycles. The van der Waals surface area contributed by atoms with Crippen molar-refractivity contribution >= 4 is 17.7 Å². The van der Waals surface area contributed by atoms with Crippen molar-refractivity contribution in [3.8, 4) is 5.75 Å². The predicted molar refractivity (Wildman–Crippen MR) is 101 cm³/mol. The first kappa shape index (κ1) is 19.2. The van der Waals surface area contributed by atoms with Gasteiger partial charge < -0.3 is 10.1 Å². The van der Waals surface area contributed by atoms with Gasteiger partial charge in [-0.15, -0.1) is 0 Å². The van der Waals surface area contributed by atoms with Crippen LogP contribution in [-0.4, -0.2) is 24.0 Å². The molecule has 0 aliphatic carbocycles. The van der Waals surface area contributed by atoms with Crippen molar-refractivity contribution < 1.29 is 14.5 Å². The number of hydrogen-bond donors (Lipinski definition) is 1. The number of benzene rings is 2. The predicted octanol–water partition coefficient (Wildman–Crippen LogP) is 3.76. The van der Waals surface area contributed by atoms with Crippen LogP contribution in [0.1, 0.15) is 24.5 Å². The molecule has 1 N–H and O–H groups in total. The van der Waals surface area contributed by atoms with Crippen molar-refractivity contribution in [1.82, 2.24) is 5.32 Å². The van der Waals surface area contributed by atoms with E-state index >= 15 is 0 Å². The number of amides is 1. The van der Waals surface area contributed by atoms with Gasteiger partial charge in [-0.2, -0.15) is 0 Å². The highest BCUT2D eigenvalue weighted by molar-refractivity contribution is 5.91. The number of nitrogens with one attached hydrogen (secondary N) is 1. The van der Waals surface area contributed by atoms with E-state index in [1.54, 1.807) is 18.2 Å². The van der Waals surface area contributed by atoms with Gasteiger partial charge in [0.05, 0.1) is 11.5 Å². The Kier molecular flexibility index (Phi) is 7.36. The van der Waals surface area contributed by atoms with E-state index in [2.05, 4.69) is 5.32 Å². The molecule has 0 aromatic heterocycles. The van der Waals surface area contributed by atoms with Crippen molar-refractivity contribution in [1.29, 1.82) is 0 Å². The first-order valence-corrected chi connectivity index (χ1v) is 8.51. The van der Waals surface area contributed by atoms with E-state index in [1.165, 1.54) is 18.2 Å². The minimum absolute atomic E-state index is 0.0268. The van der Waals surface area contributed by atoms with E-state index in [0.29, 0.717) is 13.2 Å². The summed E-state index contributed by atoms with van der Waals surface area (Å²) < 4.78 is 5.59. The molecule has 6 nitrogen and oxygen atoms in total. The molecule has 0 bridgehead atoms. The van der Waals surface area contributed by atoms with E-state index in [9.17, 15) is 14.9 Å². The summed E-state index contributed by atoms with van der Waals surface area (Å²) >= 11 is 0. The number of rotatable bonds is 9. The third-order valence-corrected chi connectivity index (χ3v) is 3.73. The van der Waals surface area contributed by atoms with Gasteiger partial charge in [-0.05, 0) is 55.2 Å². The van der Waals surface area contributed by atoms with Crippen molar-refractivity contribution in [3.05, 3.63) is 75.8 Å². The fourth-order valence-corrected chi connectivity index (χ4v) is 2.44. The summed E-state index contributed by atoms with van der Waals surface area (Å²) in [5, 5.41) is 13.4. The molecule has 0 atom stereocenters. The highest BCUT2D eigenvalue weighted by Crippen LogP contribution is 2.19. The molecule has 2 aromatic carbocycles. The van der Waals surface area contributed by atoms with Crippen LogP contribution in [0.4, 0.5) is 5.69 Å². The van der Waals surface area contributed by atoms with E-state index in [1.807, 2.05) is 31.2 Å². The molecule has 2 aromatic rings. The van der Waals surface area contributed by atoms with Crippen molar-refractivity contribution in [2.24, 2.45) is 0 Å². The lowest BCUT2D eigenvalue weighted by Gasteiger charge is -2.09. The largest absolute Gasteiger partial charge is 0.494 e. The van der Waals surface area contributed by atoms with Crippen LogP contribution in [0.15, 0.2) is 54.6 Å². The third-order valence-electron chi connectivity index (χ3n) is 3.73. The summed E-state index contributed by atoms with van der Waals surface area (Å²) in [6, 6.07) is 13.9. The average Bonchev–Trinajstić information content (AvgIpc) is 2.65. The zero-order valence-electron chi connectivity index (χ0n) is 14.7. The maximum atomic E-state index is 11.8. The van der Waals surface area contributed by atoms with Gasteiger partial charge >= 0.3 is 0 Å². The summed E-state index contributed by atoms with van der Waals surface area (Å²) in [5.41, 5.74) is 1.89. The smallest absolute Gasteiger partial charge is 0.269 e. The Labute approximate surface area is 152 Å². The van der Waals surface area contributed by atoms with E-state index in [0.717, 1.165) is 29.7 Å². The van der Waals surface area contributed by atoms with Gasteiger partial charge in [0, 0.05) is 24.8 Å². The van der Waals surface area contributed by atoms with Gasteiger partial charge in [-0.3, -0.25) is 14.9 Å². The maximum absolute atomic E-state index is 11.8. The standard InChI is InChI=1S/C20H22N2O4/c1-2-26-19-8-4-3-6-17(19)7-5-15-21-20(23)14-11-16-9-12-18(13-10-16)22(24)25/h3-4,6,8-14H,2,5,7,15H2,1H3,(H,21,23)/b14-11+. The molecule has 0 spiro atoms. The molecule has 26 heavy (non-hydrogen) atoms. The highest BCUT2D eigenvalue weighted by atomic mass is 16.6. The highest BCUT2D eigenvalue weighted by Gasteiger charge is 2.04. The second-order valence-electron chi connectivity index (χ2n) is 5.62. The number of carbonyl (C=O) groups excluding carboxylic acids is 1. The summed E-state index contributed by atoms with van der Waals surface area (Å²) in [6.07, 6.45) is 4.68. The number of non-ortho nitro benzene ring substituents is 1. The van der Waals surface area contributed by atoms with Gasteiger partial charge in [-0.1, -0.05) is 18.2 Å². The second-order valence-corrected chi connectivity index (χ2v) is 5.62. The van der Waals surface area contributed by atoms with Crippen LogP contribution in [-0.2, 0) is 11.2 Å². The first-order chi connectivity index (χ1) is 12.6. The Hall–Kier alpha value is -3.15. The van der Waals surface area contributed by atoms with Crippen molar-refractivity contribution in [2.75, 3.05) is 13.2 Å². The molecule has 2 rings (SSSR count). The van der Waals surface area contributed by atoms with Gasteiger partial charge in [0.2, 0.25) is 5.91 Å². The number of nitro benzene ring substituents is 1. The van der Waals surface area contributed by atoms with Crippen LogP contribution in [0.3, 0.4) is 0 Å². The Bertz CT molecular complexity index is 770. The molecule has 0 heterocycles. The molecule has 0 aliphatic rings. The number of carbonyl (C=O) groups is 1. The number of hydrogen-bond acceptors (Lipinski definition) is 4. The molecule has 0 fully saturated rings. The lowest BCUT2D eigenvalue weighted by atomic mass is 10.1. The Morgan fingerprint density at radius 2 is 1.92 bits per heavy atom. The van der Waals surface area contributed by atoms with Gasteiger partial charge in [0.1, 0.15) is 5.75 Å². The zero-order valence-corrected chi connectivity index (χ0v) is 14.7. The Balaban J connectivity index is 1.76. The fraction of sp³-hybridized carbons (Fsp3) is 0.250. The number of nitrogens with zero attached hydrogens (tertiary/aromatic N) is 1. The molecule has 6 heteroatoms. The maximum Gasteiger partial charge on any atom is 0.269 e. The molecule has 0 unspecified atom stereocenters. The van der Waals surface area contributed by atoms with Gasteiger partial charge in [-0.25, -0.2) is 0 Å². The molecule has 136 valence electrons. The molecule has 1 amide bonds. The average molecular weight is 354 g/mol. The molecular formula is C20H22N2O4. The van der Waals surface area contributed by atoms with E-state index in [4.69, 9.17) is 4.74 Å². The Morgan fingerprint density at radius 3 is 2.62 bits per heavy atom. The topological polar surface area (TPSA) is 81.5 Å². The number of para-hydroxylation sites is 1. The second kappa shape index (κ2) is 9.98.